The molecule has 3 rings (SSSR count). The molecule has 3 aromatic rings. The van der Waals surface area contributed by atoms with E-state index in [0.29, 0.717) is 6.54 Å². The van der Waals surface area contributed by atoms with Crippen LogP contribution in [0.25, 0.3) is 0 Å². The molecule has 27 heavy (non-hydrogen) atoms. The Morgan fingerprint density at radius 2 is 1.59 bits per heavy atom. The topological polar surface area (TPSA) is 75.3 Å². The molecule has 0 aromatic heterocycles. The monoisotopic (exact) mass is 400 g/mol. The lowest BCUT2D eigenvalue weighted by atomic mass is 10.2. The Morgan fingerprint density at radius 1 is 0.889 bits per heavy atom. The molecule has 5 nitrogen and oxygen atoms in total. The van der Waals surface area contributed by atoms with Gasteiger partial charge in [0.1, 0.15) is 0 Å². The zero-order valence-corrected chi connectivity index (χ0v) is 15.8. The van der Waals surface area contributed by atoms with Gasteiger partial charge in [-0.15, -0.1) is 0 Å². The summed E-state index contributed by atoms with van der Waals surface area (Å²) in [6.45, 7) is 0.356. The zero-order valence-electron chi connectivity index (χ0n) is 14.2. The summed E-state index contributed by atoms with van der Waals surface area (Å²) in [5, 5.41) is 3.07. The van der Waals surface area contributed by atoms with E-state index in [0.717, 1.165) is 5.56 Å². The Labute approximate surface area is 163 Å². The van der Waals surface area contributed by atoms with E-state index in [1.165, 1.54) is 18.2 Å². The van der Waals surface area contributed by atoms with E-state index in [1.54, 1.807) is 30.3 Å². The van der Waals surface area contributed by atoms with Gasteiger partial charge < -0.3 is 5.32 Å². The number of halogens is 1. The number of carbonyl (C=O) groups excluding carboxylic acids is 1. The Balaban J connectivity index is 1.76. The Bertz CT molecular complexity index is 1050. The third kappa shape index (κ3) is 4.87. The van der Waals surface area contributed by atoms with Crippen molar-refractivity contribution in [3.63, 3.8) is 0 Å². The number of hydrogen-bond donors (Lipinski definition) is 2. The number of para-hydroxylation sites is 1. The van der Waals surface area contributed by atoms with Crippen LogP contribution < -0.4 is 10.0 Å². The molecule has 0 aliphatic rings. The van der Waals surface area contributed by atoms with Crippen LogP contribution in [-0.4, -0.2) is 14.3 Å². The minimum Gasteiger partial charge on any atom is -0.348 e. The van der Waals surface area contributed by atoms with Crippen LogP contribution in [0.15, 0.2) is 83.8 Å². The van der Waals surface area contributed by atoms with Crippen LogP contribution in [0.3, 0.4) is 0 Å². The first-order chi connectivity index (χ1) is 13.0. The van der Waals surface area contributed by atoms with Crippen LogP contribution in [0, 0.1) is 0 Å². The van der Waals surface area contributed by atoms with Gasteiger partial charge in [0.05, 0.1) is 15.6 Å². The van der Waals surface area contributed by atoms with Gasteiger partial charge in [0.2, 0.25) is 0 Å². The molecular weight excluding hydrogens is 384 g/mol. The second-order valence-corrected chi connectivity index (χ2v) is 7.87. The molecule has 0 aliphatic heterocycles. The second kappa shape index (κ2) is 8.24. The van der Waals surface area contributed by atoms with Crippen LogP contribution in [0.5, 0.6) is 0 Å². The largest absolute Gasteiger partial charge is 0.348 e. The van der Waals surface area contributed by atoms with Crippen LogP contribution in [0.4, 0.5) is 5.69 Å². The molecule has 2 N–H and O–H groups in total. The van der Waals surface area contributed by atoms with Gasteiger partial charge in [-0.05, 0) is 35.9 Å². The highest BCUT2D eigenvalue weighted by Gasteiger charge is 2.17. The summed E-state index contributed by atoms with van der Waals surface area (Å²) in [5.41, 5.74) is 1.49. The third-order valence-corrected chi connectivity index (χ3v) is 5.51. The van der Waals surface area contributed by atoms with Gasteiger partial charge in [-0.2, -0.15) is 0 Å². The quantitative estimate of drug-likeness (QED) is 0.654. The van der Waals surface area contributed by atoms with Crippen LogP contribution in [0.2, 0.25) is 5.02 Å². The molecule has 0 fully saturated rings. The number of amides is 1. The molecule has 0 aliphatic carbocycles. The van der Waals surface area contributed by atoms with E-state index in [-0.39, 0.29) is 27.1 Å². The molecule has 138 valence electrons. The third-order valence-electron chi connectivity index (χ3n) is 3.82. The van der Waals surface area contributed by atoms with Crippen molar-refractivity contribution in [3.8, 4) is 0 Å². The molecule has 0 heterocycles. The van der Waals surface area contributed by atoms with Crippen molar-refractivity contribution in [1.29, 1.82) is 0 Å². The Kier molecular flexibility index (Phi) is 5.78. The van der Waals surface area contributed by atoms with Gasteiger partial charge in [0, 0.05) is 12.1 Å². The lowest BCUT2D eigenvalue weighted by molar-refractivity contribution is 0.0950. The molecule has 1 amide bonds. The van der Waals surface area contributed by atoms with Crippen molar-refractivity contribution in [2.45, 2.75) is 11.4 Å². The lowest BCUT2D eigenvalue weighted by Crippen LogP contribution is -2.23. The molecule has 0 bridgehead atoms. The number of benzene rings is 3. The predicted octanol–water partition coefficient (Wildman–Crippen LogP) is 4.07. The number of carbonyl (C=O) groups is 1. The summed E-state index contributed by atoms with van der Waals surface area (Å²) >= 11 is 6.01. The number of nitrogens with one attached hydrogen (secondary N) is 2. The van der Waals surface area contributed by atoms with E-state index in [1.807, 2.05) is 30.3 Å². The number of rotatable bonds is 6. The fourth-order valence-corrected chi connectivity index (χ4v) is 3.80. The summed E-state index contributed by atoms with van der Waals surface area (Å²) in [4.78, 5) is 12.3. The normalized spacial score (nSPS) is 11.0. The van der Waals surface area contributed by atoms with Crippen LogP contribution in [-0.2, 0) is 16.6 Å². The SMILES string of the molecule is O=C(NCc1ccccc1)c1cccc(S(=O)(=O)Nc2ccccc2Cl)c1. The van der Waals surface area contributed by atoms with E-state index >= 15 is 0 Å². The maximum Gasteiger partial charge on any atom is 0.261 e. The molecule has 0 spiro atoms. The maximum atomic E-state index is 12.6. The van der Waals surface area contributed by atoms with Gasteiger partial charge in [0.15, 0.2) is 0 Å². The van der Waals surface area contributed by atoms with E-state index in [9.17, 15) is 13.2 Å². The molecule has 0 atom stereocenters. The van der Waals surface area contributed by atoms with Crippen molar-refractivity contribution in [1.82, 2.24) is 5.32 Å². The average Bonchev–Trinajstić information content (AvgIpc) is 2.69. The van der Waals surface area contributed by atoms with Crippen LogP contribution >= 0.6 is 11.6 Å². The molecule has 7 heteroatoms. The zero-order chi connectivity index (χ0) is 19.3. The van der Waals surface area contributed by atoms with Crippen molar-refractivity contribution in [2.24, 2.45) is 0 Å². The summed E-state index contributed by atoms with van der Waals surface area (Å²) in [6.07, 6.45) is 0. The summed E-state index contributed by atoms with van der Waals surface area (Å²) in [5.74, 6) is -0.353. The van der Waals surface area contributed by atoms with Gasteiger partial charge in [-0.1, -0.05) is 60.1 Å². The first-order valence-corrected chi connectivity index (χ1v) is 10.0. The highest BCUT2D eigenvalue weighted by molar-refractivity contribution is 7.92. The van der Waals surface area contributed by atoms with Gasteiger partial charge in [0.25, 0.3) is 15.9 Å². The fourth-order valence-electron chi connectivity index (χ4n) is 2.43. The number of sulfonamides is 1. The Hall–Kier alpha value is -2.83. The summed E-state index contributed by atoms with van der Waals surface area (Å²) < 4.78 is 27.6. The fraction of sp³-hybridized carbons (Fsp3) is 0.0500. The number of hydrogen-bond acceptors (Lipinski definition) is 3. The highest BCUT2D eigenvalue weighted by atomic mass is 35.5. The molecule has 0 saturated carbocycles. The highest BCUT2D eigenvalue weighted by Crippen LogP contribution is 2.24. The van der Waals surface area contributed by atoms with Crippen molar-refractivity contribution in [3.05, 3.63) is 95.0 Å². The van der Waals surface area contributed by atoms with Gasteiger partial charge in [-0.3, -0.25) is 9.52 Å². The predicted molar refractivity (Wildman–Crippen MR) is 106 cm³/mol. The minimum absolute atomic E-state index is 0.0187. The van der Waals surface area contributed by atoms with E-state index < -0.39 is 10.0 Å². The minimum atomic E-state index is -3.87. The molecule has 0 unspecified atom stereocenters. The summed E-state index contributed by atoms with van der Waals surface area (Å²) in [6, 6.07) is 21.8. The average molecular weight is 401 g/mol. The molecule has 0 saturated heterocycles. The second-order valence-electron chi connectivity index (χ2n) is 5.78. The van der Waals surface area contributed by atoms with Crippen molar-refractivity contribution in [2.75, 3.05) is 4.72 Å². The summed E-state index contributed by atoms with van der Waals surface area (Å²) in [7, 11) is -3.87. The van der Waals surface area contributed by atoms with Crippen molar-refractivity contribution >= 4 is 33.2 Å². The molecule has 0 radical (unpaired) electrons. The molecular formula is C20H17ClN2O3S. The van der Waals surface area contributed by atoms with E-state index in [4.69, 9.17) is 11.6 Å². The van der Waals surface area contributed by atoms with Crippen LogP contribution in [0.1, 0.15) is 15.9 Å². The first kappa shape index (κ1) is 18.9. The van der Waals surface area contributed by atoms with Gasteiger partial charge in [-0.25, -0.2) is 8.42 Å². The van der Waals surface area contributed by atoms with Crippen molar-refractivity contribution < 1.29 is 13.2 Å². The lowest BCUT2D eigenvalue weighted by Gasteiger charge is -2.11. The maximum absolute atomic E-state index is 12.6. The smallest absolute Gasteiger partial charge is 0.261 e. The van der Waals surface area contributed by atoms with E-state index in [2.05, 4.69) is 10.0 Å². The number of anilines is 1. The van der Waals surface area contributed by atoms with Gasteiger partial charge >= 0.3 is 0 Å². The standard InChI is InChI=1S/C20H17ClN2O3S/c21-18-11-4-5-12-19(18)23-27(25,26)17-10-6-9-16(13-17)20(24)22-14-15-7-2-1-3-8-15/h1-13,23H,14H2,(H,22,24). The molecule has 3 aromatic carbocycles. The first-order valence-electron chi connectivity index (χ1n) is 8.15. The Morgan fingerprint density at radius 3 is 2.33 bits per heavy atom.